The summed E-state index contributed by atoms with van der Waals surface area (Å²) in [6, 6.07) is 7.46. The first kappa shape index (κ1) is 13.6. The Labute approximate surface area is 111 Å². The normalized spacial score (nSPS) is 19.3. The molecular formula is C13H17ClF2N2. The van der Waals surface area contributed by atoms with Crippen LogP contribution >= 0.6 is 11.6 Å². The van der Waals surface area contributed by atoms with E-state index in [0.29, 0.717) is 31.0 Å². The molecule has 0 unspecified atom stereocenters. The molecular weight excluding hydrogens is 258 g/mol. The number of hydrogen-bond donors (Lipinski definition) is 1. The van der Waals surface area contributed by atoms with Gasteiger partial charge in [0.1, 0.15) is 0 Å². The molecule has 0 amide bonds. The molecule has 1 heterocycles. The molecule has 5 heteroatoms. The number of rotatable bonds is 3. The number of hydrogen-bond acceptors (Lipinski definition) is 2. The summed E-state index contributed by atoms with van der Waals surface area (Å²) in [7, 11) is 0. The van der Waals surface area contributed by atoms with E-state index in [1.165, 1.54) is 0 Å². The lowest BCUT2D eigenvalue weighted by Crippen LogP contribution is -2.48. The minimum absolute atomic E-state index is 0.0547. The van der Waals surface area contributed by atoms with E-state index in [1.54, 1.807) is 0 Å². The van der Waals surface area contributed by atoms with E-state index in [1.807, 2.05) is 24.3 Å². The van der Waals surface area contributed by atoms with Crippen molar-refractivity contribution < 1.29 is 8.78 Å². The highest BCUT2D eigenvalue weighted by molar-refractivity contribution is 6.30. The molecule has 0 aromatic heterocycles. The summed E-state index contributed by atoms with van der Waals surface area (Å²) in [6.45, 7) is 1.28. The quantitative estimate of drug-likeness (QED) is 0.917. The molecule has 1 saturated heterocycles. The van der Waals surface area contributed by atoms with Gasteiger partial charge in [0.05, 0.1) is 0 Å². The zero-order valence-electron chi connectivity index (χ0n) is 10.1. The van der Waals surface area contributed by atoms with Crippen LogP contribution in [0.1, 0.15) is 12.8 Å². The van der Waals surface area contributed by atoms with Crippen molar-refractivity contribution in [3.05, 3.63) is 29.3 Å². The van der Waals surface area contributed by atoms with Gasteiger partial charge < -0.3 is 10.6 Å². The van der Waals surface area contributed by atoms with Gasteiger partial charge in [-0.05, 0) is 37.1 Å². The van der Waals surface area contributed by atoms with Crippen LogP contribution in [0.5, 0.6) is 0 Å². The van der Waals surface area contributed by atoms with Gasteiger partial charge in [-0.25, -0.2) is 8.78 Å². The zero-order chi connectivity index (χ0) is 13.2. The lowest BCUT2D eigenvalue weighted by molar-refractivity contribution is -0.0160. The highest BCUT2D eigenvalue weighted by Crippen LogP contribution is 2.37. The number of piperidine rings is 1. The first-order valence-corrected chi connectivity index (χ1v) is 6.44. The van der Waals surface area contributed by atoms with Crippen molar-refractivity contribution in [2.24, 2.45) is 11.1 Å². The number of alkyl halides is 2. The van der Waals surface area contributed by atoms with Crippen LogP contribution in [0.3, 0.4) is 0 Å². The Hall–Kier alpha value is -0.870. The van der Waals surface area contributed by atoms with E-state index in [9.17, 15) is 8.78 Å². The smallest absolute Gasteiger partial charge is 0.245 e. The fourth-order valence-electron chi connectivity index (χ4n) is 2.37. The van der Waals surface area contributed by atoms with Crippen molar-refractivity contribution in [3.63, 3.8) is 0 Å². The van der Waals surface area contributed by atoms with Crippen LogP contribution in [0.2, 0.25) is 5.02 Å². The second-order valence-electron chi connectivity index (χ2n) is 4.83. The maximum atomic E-state index is 13.0. The van der Waals surface area contributed by atoms with Crippen LogP contribution in [-0.2, 0) is 0 Å². The predicted molar refractivity (Wildman–Crippen MR) is 70.4 cm³/mol. The first-order valence-electron chi connectivity index (χ1n) is 6.06. The fourth-order valence-corrected chi connectivity index (χ4v) is 2.50. The Bertz CT molecular complexity index is 386. The average Bonchev–Trinajstić information content (AvgIpc) is 2.39. The molecule has 1 aromatic rings. The molecule has 0 radical (unpaired) electrons. The van der Waals surface area contributed by atoms with Crippen LogP contribution in [0.4, 0.5) is 14.5 Å². The van der Waals surface area contributed by atoms with E-state index < -0.39 is 11.8 Å². The minimum atomic E-state index is -2.34. The average molecular weight is 275 g/mol. The molecule has 0 spiro atoms. The van der Waals surface area contributed by atoms with Crippen molar-refractivity contribution >= 4 is 17.3 Å². The van der Waals surface area contributed by atoms with Crippen LogP contribution in [0, 0.1) is 5.41 Å². The third-order valence-electron chi connectivity index (χ3n) is 3.82. The van der Waals surface area contributed by atoms with Crippen molar-refractivity contribution in [2.75, 3.05) is 24.5 Å². The minimum Gasteiger partial charge on any atom is -0.371 e. The molecule has 2 N–H and O–H groups in total. The highest BCUT2D eigenvalue weighted by Gasteiger charge is 2.41. The molecule has 2 nitrogen and oxygen atoms in total. The Kier molecular flexibility index (Phi) is 4.07. The lowest BCUT2D eigenvalue weighted by Gasteiger charge is -2.41. The number of benzene rings is 1. The van der Waals surface area contributed by atoms with Gasteiger partial charge in [-0.2, -0.15) is 0 Å². The van der Waals surface area contributed by atoms with Gasteiger partial charge in [0.15, 0.2) is 0 Å². The molecule has 0 bridgehead atoms. The Balaban J connectivity index is 2.04. The second kappa shape index (κ2) is 5.41. The Morgan fingerprint density at radius 2 is 1.78 bits per heavy atom. The summed E-state index contributed by atoms with van der Waals surface area (Å²) in [5.41, 5.74) is 5.56. The molecule has 18 heavy (non-hydrogen) atoms. The summed E-state index contributed by atoms with van der Waals surface area (Å²) in [4.78, 5) is 2.10. The van der Waals surface area contributed by atoms with Gasteiger partial charge in [0.25, 0.3) is 0 Å². The van der Waals surface area contributed by atoms with Gasteiger partial charge in [-0.15, -0.1) is 0 Å². The molecule has 0 aliphatic carbocycles. The Morgan fingerprint density at radius 3 is 2.22 bits per heavy atom. The van der Waals surface area contributed by atoms with Gasteiger partial charge in [-0.1, -0.05) is 11.6 Å². The number of nitrogens with two attached hydrogens (primary N) is 1. The Morgan fingerprint density at radius 1 is 1.22 bits per heavy atom. The van der Waals surface area contributed by atoms with E-state index in [2.05, 4.69) is 4.90 Å². The monoisotopic (exact) mass is 274 g/mol. The summed E-state index contributed by atoms with van der Waals surface area (Å²) in [5, 5.41) is 0.680. The van der Waals surface area contributed by atoms with Gasteiger partial charge in [0.2, 0.25) is 6.43 Å². The second-order valence-corrected chi connectivity index (χ2v) is 5.27. The molecule has 0 saturated carbocycles. The van der Waals surface area contributed by atoms with Crippen LogP contribution < -0.4 is 10.6 Å². The van der Waals surface area contributed by atoms with Crippen molar-refractivity contribution in [2.45, 2.75) is 19.3 Å². The van der Waals surface area contributed by atoms with E-state index in [0.717, 1.165) is 5.69 Å². The zero-order valence-corrected chi connectivity index (χ0v) is 10.8. The van der Waals surface area contributed by atoms with Crippen molar-refractivity contribution in [1.29, 1.82) is 0 Å². The first-order chi connectivity index (χ1) is 8.57. The standard InChI is InChI=1S/C13H17ClF2N2/c14-10-1-3-11(4-2-10)18-7-5-13(9-17,6-8-18)12(15)16/h1-4,12H,5-9,17H2. The molecule has 1 aliphatic heterocycles. The lowest BCUT2D eigenvalue weighted by atomic mass is 9.78. The van der Waals surface area contributed by atoms with Gasteiger partial charge in [-0.3, -0.25) is 0 Å². The predicted octanol–water partition coefficient (Wildman–Crippen LogP) is 3.15. The van der Waals surface area contributed by atoms with E-state index in [-0.39, 0.29) is 6.54 Å². The summed E-state index contributed by atoms with van der Waals surface area (Å²) < 4.78 is 26.1. The SMILES string of the molecule is NCC1(C(F)F)CCN(c2ccc(Cl)cc2)CC1. The largest absolute Gasteiger partial charge is 0.371 e. The molecule has 2 rings (SSSR count). The van der Waals surface area contributed by atoms with E-state index in [4.69, 9.17) is 17.3 Å². The fraction of sp³-hybridized carbons (Fsp3) is 0.538. The molecule has 1 aromatic carbocycles. The summed E-state index contributed by atoms with van der Waals surface area (Å²) >= 11 is 5.83. The van der Waals surface area contributed by atoms with E-state index >= 15 is 0 Å². The molecule has 100 valence electrons. The van der Waals surface area contributed by atoms with Crippen LogP contribution in [0.15, 0.2) is 24.3 Å². The van der Waals surface area contributed by atoms with Gasteiger partial charge >= 0.3 is 0 Å². The maximum absolute atomic E-state index is 13.0. The van der Waals surface area contributed by atoms with Crippen molar-refractivity contribution in [3.8, 4) is 0 Å². The van der Waals surface area contributed by atoms with Crippen molar-refractivity contribution in [1.82, 2.24) is 0 Å². The molecule has 1 aliphatic rings. The van der Waals surface area contributed by atoms with Crippen LogP contribution in [-0.4, -0.2) is 26.1 Å². The third kappa shape index (κ3) is 2.59. The van der Waals surface area contributed by atoms with Crippen LogP contribution in [0.25, 0.3) is 0 Å². The summed E-state index contributed by atoms with van der Waals surface area (Å²) in [5.74, 6) is 0. The topological polar surface area (TPSA) is 29.3 Å². The molecule has 1 fully saturated rings. The third-order valence-corrected chi connectivity index (χ3v) is 4.07. The maximum Gasteiger partial charge on any atom is 0.245 e. The molecule has 0 atom stereocenters. The summed E-state index contributed by atoms with van der Waals surface area (Å²) in [6.07, 6.45) is -1.47. The number of nitrogens with zero attached hydrogens (tertiary/aromatic N) is 1. The number of halogens is 3. The highest BCUT2D eigenvalue weighted by atomic mass is 35.5. The number of anilines is 1. The van der Waals surface area contributed by atoms with Gasteiger partial charge in [0, 0.05) is 35.8 Å².